The lowest BCUT2D eigenvalue weighted by atomic mass is 10.2. The molecular formula is C20H32IN5O3S. The number of aryl methyl sites for hydroxylation is 1. The number of guanidine groups is 1. The number of nitrogens with one attached hydrogen (secondary N) is 2. The van der Waals surface area contributed by atoms with Gasteiger partial charge in [0.2, 0.25) is 10.0 Å². The van der Waals surface area contributed by atoms with E-state index in [9.17, 15) is 8.42 Å². The molecule has 10 heteroatoms. The van der Waals surface area contributed by atoms with Gasteiger partial charge in [-0.2, -0.15) is 0 Å². The van der Waals surface area contributed by atoms with Crippen LogP contribution in [0.1, 0.15) is 18.2 Å². The quantitative estimate of drug-likeness (QED) is 0.205. The maximum absolute atomic E-state index is 12.4. The molecule has 0 aliphatic rings. The number of aliphatic imine (C=N–C) groups is 1. The molecule has 2 aromatic rings. The van der Waals surface area contributed by atoms with E-state index in [-0.39, 0.29) is 35.4 Å². The van der Waals surface area contributed by atoms with Gasteiger partial charge in [0.05, 0.1) is 24.6 Å². The molecule has 0 saturated heterocycles. The Hall–Kier alpha value is -1.63. The molecule has 1 aromatic heterocycles. The van der Waals surface area contributed by atoms with Gasteiger partial charge >= 0.3 is 0 Å². The molecule has 2 N–H and O–H groups in total. The van der Waals surface area contributed by atoms with Gasteiger partial charge in [0.25, 0.3) is 0 Å². The number of aromatic nitrogens is 1. The fourth-order valence-corrected chi connectivity index (χ4v) is 3.87. The van der Waals surface area contributed by atoms with Crippen molar-refractivity contribution in [2.45, 2.75) is 24.9 Å². The highest BCUT2D eigenvalue weighted by Gasteiger charge is 2.14. The number of rotatable bonds is 10. The zero-order chi connectivity index (χ0) is 21.3. The van der Waals surface area contributed by atoms with Gasteiger partial charge in [0, 0.05) is 46.2 Å². The van der Waals surface area contributed by atoms with Gasteiger partial charge in [-0.15, -0.1) is 24.0 Å². The van der Waals surface area contributed by atoms with Crippen LogP contribution in [0.5, 0.6) is 0 Å². The van der Waals surface area contributed by atoms with Crippen molar-refractivity contribution >= 4 is 40.0 Å². The number of ether oxygens (including phenoxy) is 1. The number of hydrogen-bond acceptors (Lipinski definition) is 4. The molecule has 0 saturated carbocycles. The molecule has 168 valence electrons. The maximum Gasteiger partial charge on any atom is 0.240 e. The highest BCUT2D eigenvalue weighted by Crippen LogP contribution is 2.13. The Morgan fingerprint density at radius 3 is 2.67 bits per heavy atom. The number of nitrogens with zero attached hydrogens (tertiary/aromatic N) is 3. The standard InChI is InChI=1S/C20H31N5O3S.HI/c1-5-21-20(25(3)16-18-9-7-12-24(18)2)22-15-17-8-6-10-19(14-17)29(26,27)23-11-13-28-4;/h6-10,12,14,23H,5,11,13,15-16H2,1-4H3,(H,21,22);1H. The third kappa shape index (κ3) is 7.89. The average Bonchev–Trinajstić information content (AvgIpc) is 3.10. The lowest BCUT2D eigenvalue weighted by molar-refractivity contribution is 0.204. The van der Waals surface area contributed by atoms with Crippen LogP contribution in [0.3, 0.4) is 0 Å². The van der Waals surface area contributed by atoms with Crippen LogP contribution >= 0.6 is 24.0 Å². The van der Waals surface area contributed by atoms with Crippen molar-refractivity contribution in [1.29, 1.82) is 0 Å². The van der Waals surface area contributed by atoms with Crippen LogP contribution in [0.25, 0.3) is 0 Å². The largest absolute Gasteiger partial charge is 0.383 e. The molecule has 0 fully saturated rings. The molecule has 2 rings (SSSR count). The van der Waals surface area contributed by atoms with Gasteiger partial charge < -0.3 is 19.5 Å². The van der Waals surface area contributed by atoms with Gasteiger partial charge in [-0.05, 0) is 36.8 Å². The molecule has 0 bridgehead atoms. The summed E-state index contributed by atoms with van der Waals surface area (Å²) in [7, 11) is 1.96. The van der Waals surface area contributed by atoms with E-state index in [1.54, 1.807) is 18.2 Å². The van der Waals surface area contributed by atoms with Crippen molar-refractivity contribution in [2.24, 2.45) is 12.0 Å². The van der Waals surface area contributed by atoms with E-state index < -0.39 is 10.0 Å². The summed E-state index contributed by atoms with van der Waals surface area (Å²) in [5, 5.41) is 3.29. The fourth-order valence-electron chi connectivity index (χ4n) is 2.79. The van der Waals surface area contributed by atoms with Gasteiger partial charge in [-0.3, -0.25) is 0 Å². The smallest absolute Gasteiger partial charge is 0.240 e. The molecule has 0 atom stereocenters. The summed E-state index contributed by atoms with van der Waals surface area (Å²) in [5.41, 5.74) is 2.00. The van der Waals surface area contributed by atoms with Crippen LogP contribution in [0.15, 0.2) is 52.5 Å². The summed E-state index contributed by atoms with van der Waals surface area (Å²) in [4.78, 5) is 6.95. The second kappa shape index (κ2) is 12.9. The van der Waals surface area contributed by atoms with Crippen molar-refractivity contribution in [1.82, 2.24) is 19.5 Å². The normalized spacial score (nSPS) is 11.8. The van der Waals surface area contributed by atoms with E-state index in [0.29, 0.717) is 19.7 Å². The lowest BCUT2D eigenvalue weighted by Gasteiger charge is -2.22. The molecule has 0 unspecified atom stereocenters. The predicted octanol–water partition coefficient (Wildman–Crippen LogP) is 2.17. The summed E-state index contributed by atoms with van der Waals surface area (Å²) in [5.74, 6) is 0.764. The Kier molecular flexibility index (Phi) is 11.4. The Morgan fingerprint density at radius 1 is 1.27 bits per heavy atom. The molecular weight excluding hydrogens is 517 g/mol. The molecule has 0 spiro atoms. The first-order valence-electron chi connectivity index (χ1n) is 9.54. The van der Waals surface area contributed by atoms with Crippen LogP contribution in [-0.2, 0) is 34.9 Å². The molecule has 1 aromatic carbocycles. The Bertz CT molecular complexity index is 915. The Balaban J connectivity index is 0.00000450. The van der Waals surface area contributed by atoms with Crippen LogP contribution in [-0.4, -0.2) is 57.7 Å². The van der Waals surface area contributed by atoms with E-state index in [0.717, 1.165) is 18.1 Å². The number of sulfonamides is 1. The van der Waals surface area contributed by atoms with Crippen molar-refractivity contribution < 1.29 is 13.2 Å². The first-order chi connectivity index (χ1) is 13.9. The van der Waals surface area contributed by atoms with Crippen LogP contribution in [0, 0.1) is 0 Å². The minimum absolute atomic E-state index is 0. The molecule has 0 amide bonds. The highest BCUT2D eigenvalue weighted by atomic mass is 127. The van der Waals surface area contributed by atoms with Crippen molar-refractivity contribution in [3.05, 3.63) is 53.9 Å². The minimum Gasteiger partial charge on any atom is -0.383 e. The Morgan fingerprint density at radius 2 is 2.03 bits per heavy atom. The van der Waals surface area contributed by atoms with E-state index in [4.69, 9.17) is 4.74 Å². The zero-order valence-electron chi connectivity index (χ0n) is 18.0. The molecule has 0 aliphatic heterocycles. The topological polar surface area (TPSA) is 88.0 Å². The predicted molar refractivity (Wildman–Crippen MR) is 131 cm³/mol. The second-order valence-corrected chi connectivity index (χ2v) is 8.44. The number of methoxy groups -OCH3 is 1. The van der Waals surface area contributed by atoms with Crippen LogP contribution in [0.2, 0.25) is 0 Å². The SMILES string of the molecule is CCNC(=NCc1cccc(S(=O)(=O)NCCOC)c1)N(C)Cc1cccn1C.I. The first-order valence-corrected chi connectivity index (χ1v) is 11.0. The molecule has 1 heterocycles. The van der Waals surface area contributed by atoms with Crippen molar-refractivity contribution in [3.63, 3.8) is 0 Å². The molecule has 0 aliphatic carbocycles. The summed E-state index contributed by atoms with van der Waals surface area (Å²) in [6.45, 7) is 4.41. The molecule has 8 nitrogen and oxygen atoms in total. The van der Waals surface area contributed by atoms with Crippen molar-refractivity contribution in [3.8, 4) is 0 Å². The van der Waals surface area contributed by atoms with Gasteiger partial charge in [0.15, 0.2) is 5.96 Å². The zero-order valence-corrected chi connectivity index (χ0v) is 21.1. The molecule has 0 radical (unpaired) electrons. The monoisotopic (exact) mass is 549 g/mol. The number of hydrogen-bond donors (Lipinski definition) is 2. The van der Waals surface area contributed by atoms with E-state index in [1.807, 2.05) is 44.2 Å². The summed E-state index contributed by atoms with van der Waals surface area (Å²) in [6, 6.07) is 10.9. The van der Waals surface area contributed by atoms with Gasteiger partial charge in [0.1, 0.15) is 0 Å². The lowest BCUT2D eigenvalue weighted by Crippen LogP contribution is -2.38. The number of benzene rings is 1. The van der Waals surface area contributed by atoms with Crippen LogP contribution in [0.4, 0.5) is 0 Å². The third-order valence-corrected chi connectivity index (χ3v) is 5.82. The maximum atomic E-state index is 12.4. The summed E-state index contributed by atoms with van der Waals surface area (Å²) >= 11 is 0. The highest BCUT2D eigenvalue weighted by molar-refractivity contribution is 14.0. The van der Waals surface area contributed by atoms with E-state index in [1.165, 1.54) is 12.8 Å². The van der Waals surface area contributed by atoms with Gasteiger partial charge in [-0.1, -0.05) is 12.1 Å². The van der Waals surface area contributed by atoms with Crippen LogP contribution < -0.4 is 10.0 Å². The average molecular weight is 549 g/mol. The van der Waals surface area contributed by atoms with Crippen molar-refractivity contribution in [2.75, 3.05) is 33.9 Å². The minimum atomic E-state index is -3.57. The Labute approximate surface area is 196 Å². The van der Waals surface area contributed by atoms with E-state index in [2.05, 4.69) is 25.7 Å². The van der Waals surface area contributed by atoms with E-state index >= 15 is 0 Å². The van der Waals surface area contributed by atoms with Gasteiger partial charge in [-0.25, -0.2) is 18.1 Å². The third-order valence-electron chi connectivity index (χ3n) is 4.37. The second-order valence-electron chi connectivity index (χ2n) is 6.67. The first kappa shape index (κ1) is 26.4. The summed E-state index contributed by atoms with van der Waals surface area (Å²) in [6.07, 6.45) is 2.01. The fraction of sp³-hybridized carbons (Fsp3) is 0.450. The number of halogens is 1. The molecule has 30 heavy (non-hydrogen) atoms. The summed E-state index contributed by atoms with van der Waals surface area (Å²) < 4.78 is 34.3.